The molecule has 1 aliphatic rings. The Bertz CT molecular complexity index is 442. The van der Waals surface area contributed by atoms with Crippen molar-refractivity contribution >= 4 is 11.9 Å². The number of anilines is 1. The van der Waals surface area contributed by atoms with Crippen LogP contribution in [0.25, 0.3) is 0 Å². The third-order valence-corrected chi connectivity index (χ3v) is 3.08. The number of esters is 1. The van der Waals surface area contributed by atoms with Crippen molar-refractivity contribution in [1.29, 1.82) is 0 Å². The predicted octanol–water partition coefficient (Wildman–Crippen LogP) is 1.04. The molecule has 2 rings (SSSR count). The van der Waals surface area contributed by atoms with Crippen LogP contribution < -0.4 is 5.32 Å². The lowest BCUT2D eigenvalue weighted by Crippen LogP contribution is -2.33. The molecule has 0 spiro atoms. The van der Waals surface area contributed by atoms with E-state index in [1.54, 1.807) is 27.3 Å². The number of nitrogens with one attached hydrogen (secondary N) is 1. The van der Waals surface area contributed by atoms with Gasteiger partial charge in [-0.2, -0.15) is 0 Å². The third kappa shape index (κ3) is 2.71. The van der Waals surface area contributed by atoms with E-state index in [-0.39, 0.29) is 12.3 Å². The maximum absolute atomic E-state index is 11.7. The highest BCUT2D eigenvalue weighted by molar-refractivity contribution is 5.87. The first-order valence-corrected chi connectivity index (χ1v) is 6.26. The lowest BCUT2D eigenvalue weighted by atomic mass is 10.1. The summed E-state index contributed by atoms with van der Waals surface area (Å²) in [4.78, 5) is 15.9. The third-order valence-electron chi connectivity index (χ3n) is 3.08. The van der Waals surface area contributed by atoms with Crippen LogP contribution in [0.1, 0.15) is 29.9 Å². The number of nitrogens with zero attached hydrogens (tertiary/aromatic N) is 2. The van der Waals surface area contributed by atoms with Gasteiger partial charge in [0.25, 0.3) is 0 Å². The fourth-order valence-electron chi connectivity index (χ4n) is 2.23. The van der Waals surface area contributed by atoms with Crippen LogP contribution in [0.5, 0.6) is 0 Å². The average molecular weight is 269 g/mol. The molecule has 1 aromatic heterocycles. The Kier molecular flexibility index (Phi) is 4.39. The van der Waals surface area contributed by atoms with E-state index in [0.717, 1.165) is 13.0 Å². The summed E-state index contributed by atoms with van der Waals surface area (Å²) in [6.07, 6.45) is 2.14. The lowest BCUT2D eigenvalue weighted by molar-refractivity contribution is -0.133. The molecular formula is C12H19N3O4. The minimum atomic E-state index is -0.420. The van der Waals surface area contributed by atoms with Crippen LogP contribution in [0.4, 0.5) is 5.95 Å². The molecule has 7 heteroatoms. The number of carbonyl (C=O) groups excluding carboxylic acids is 1. The first-order chi connectivity index (χ1) is 9.21. The SMILES string of the molecule is CCOC(=O)c1cn2c(n1)NCCC2C(OC)OC. The number of hydrogen-bond donors (Lipinski definition) is 1. The van der Waals surface area contributed by atoms with Crippen molar-refractivity contribution in [2.24, 2.45) is 0 Å². The maximum atomic E-state index is 11.7. The molecule has 1 atom stereocenters. The average Bonchev–Trinajstić information content (AvgIpc) is 2.85. The number of ether oxygens (including phenoxy) is 3. The minimum absolute atomic E-state index is 0.0121. The van der Waals surface area contributed by atoms with Crippen LogP contribution in [0.3, 0.4) is 0 Å². The molecule has 7 nitrogen and oxygen atoms in total. The largest absolute Gasteiger partial charge is 0.461 e. The van der Waals surface area contributed by atoms with Gasteiger partial charge < -0.3 is 24.1 Å². The Labute approximate surface area is 111 Å². The van der Waals surface area contributed by atoms with Crippen molar-refractivity contribution in [3.05, 3.63) is 11.9 Å². The Morgan fingerprint density at radius 2 is 2.32 bits per heavy atom. The highest BCUT2D eigenvalue weighted by Crippen LogP contribution is 2.28. The smallest absolute Gasteiger partial charge is 0.358 e. The van der Waals surface area contributed by atoms with Gasteiger partial charge in [0.05, 0.1) is 12.6 Å². The fraction of sp³-hybridized carbons (Fsp3) is 0.667. The van der Waals surface area contributed by atoms with Crippen molar-refractivity contribution in [1.82, 2.24) is 9.55 Å². The molecule has 1 aliphatic heterocycles. The quantitative estimate of drug-likeness (QED) is 0.636. The summed E-state index contributed by atoms with van der Waals surface area (Å²) in [7, 11) is 3.19. The molecule has 0 saturated carbocycles. The summed E-state index contributed by atoms with van der Waals surface area (Å²) in [5.41, 5.74) is 0.294. The highest BCUT2D eigenvalue weighted by atomic mass is 16.7. The summed E-state index contributed by atoms with van der Waals surface area (Å²) in [5, 5.41) is 3.15. The van der Waals surface area contributed by atoms with E-state index in [1.165, 1.54) is 0 Å². The Morgan fingerprint density at radius 3 is 2.95 bits per heavy atom. The number of fused-ring (bicyclic) bond motifs is 1. The van der Waals surface area contributed by atoms with Crippen molar-refractivity contribution < 1.29 is 19.0 Å². The molecule has 2 heterocycles. The van der Waals surface area contributed by atoms with E-state index in [4.69, 9.17) is 14.2 Å². The van der Waals surface area contributed by atoms with Gasteiger partial charge >= 0.3 is 5.97 Å². The molecule has 1 N–H and O–H groups in total. The second kappa shape index (κ2) is 6.03. The topological polar surface area (TPSA) is 74.6 Å². The number of imidazole rings is 1. The summed E-state index contributed by atoms with van der Waals surface area (Å²) in [5.74, 6) is 0.217. The standard InChI is InChI=1S/C12H19N3O4/c1-4-19-10(16)8-7-15-9(11(17-2)18-3)5-6-13-12(15)14-8/h7,9,11H,4-6H2,1-3H3,(H,13,14). The first-order valence-electron chi connectivity index (χ1n) is 6.26. The molecule has 0 radical (unpaired) electrons. The summed E-state index contributed by atoms with van der Waals surface area (Å²) in [6, 6.07) is -0.0121. The van der Waals surface area contributed by atoms with Crippen LogP contribution in [0.15, 0.2) is 6.20 Å². The molecule has 106 valence electrons. The molecule has 1 unspecified atom stereocenters. The van der Waals surface area contributed by atoms with Gasteiger partial charge in [-0.05, 0) is 13.3 Å². The zero-order valence-electron chi connectivity index (χ0n) is 11.4. The molecule has 0 amide bonds. The number of rotatable bonds is 5. The second-order valence-electron chi connectivity index (χ2n) is 4.20. The second-order valence-corrected chi connectivity index (χ2v) is 4.20. The molecule has 0 saturated heterocycles. The Hall–Kier alpha value is -1.60. The van der Waals surface area contributed by atoms with Crippen LogP contribution in [-0.2, 0) is 14.2 Å². The van der Waals surface area contributed by atoms with E-state index in [9.17, 15) is 4.79 Å². The lowest BCUT2D eigenvalue weighted by Gasteiger charge is -2.30. The summed E-state index contributed by atoms with van der Waals surface area (Å²) in [6.45, 7) is 2.85. The first kappa shape index (κ1) is 13.8. The van der Waals surface area contributed by atoms with E-state index in [0.29, 0.717) is 18.2 Å². The zero-order chi connectivity index (χ0) is 13.8. The molecule has 0 aromatic carbocycles. The van der Waals surface area contributed by atoms with Gasteiger partial charge in [0.15, 0.2) is 12.0 Å². The zero-order valence-corrected chi connectivity index (χ0v) is 11.4. The van der Waals surface area contributed by atoms with Gasteiger partial charge in [0.2, 0.25) is 5.95 Å². The monoisotopic (exact) mass is 269 g/mol. The van der Waals surface area contributed by atoms with Gasteiger partial charge in [-0.3, -0.25) is 0 Å². The van der Waals surface area contributed by atoms with Gasteiger partial charge in [-0.15, -0.1) is 0 Å². The van der Waals surface area contributed by atoms with Crippen molar-refractivity contribution in [2.75, 3.05) is 32.7 Å². The molecule has 19 heavy (non-hydrogen) atoms. The molecule has 1 aromatic rings. The molecular weight excluding hydrogens is 250 g/mol. The van der Waals surface area contributed by atoms with Crippen molar-refractivity contribution in [3.63, 3.8) is 0 Å². The maximum Gasteiger partial charge on any atom is 0.358 e. The Morgan fingerprint density at radius 1 is 1.58 bits per heavy atom. The van der Waals surface area contributed by atoms with Crippen LogP contribution in [-0.4, -0.2) is 49.2 Å². The summed E-state index contributed by atoms with van der Waals surface area (Å²) < 4.78 is 17.4. The van der Waals surface area contributed by atoms with Crippen LogP contribution in [0.2, 0.25) is 0 Å². The van der Waals surface area contributed by atoms with Gasteiger partial charge in [-0.1, -0.05) is 0 Å². The number of methoxy groups -OCH3 is 2. The van der Waals surface area contributed by atoms with Crippen molar-refractivity contribution in [2.45, 2.75) is 25.7 Å². The summed E-state index contributed by atoms with van der Waals surface area (Å²) >= 11 is 0. The van der Waals surface area contributed by atoms with E-state index in [2.05, 4.69) is 10.3 Å². The molecule has 0 fully saturated rings. The van der Waals surface area contributed by atoms with Gasteiger partial charge in [0.1, 0.15) is 0 Å². The Balaban J connectivity index is 2.26. The van der Waals surface area contributed by atoms with E-state index >= 15 is 0 Å². The molecule has 0 aliphatic carbocycles. The van der Waals surface area contributed by atoms with Crippen LogP contribution >= 0.6 is 0 Å². The molecule has 0 bridgehead atoms. The van der Waals surface area contributed by atoms with Crippen molar-refractivity contribution in [3.8, 4) is 0 Å². The van der Waals surface area contributed by atoms with Gasteiger partial charge in [0, 0.05) is 27.0 Å². The number of aromatic nitrogens is 2. The van der Waals surface area contributed by atoms with E-state index < -0.39 is 5.97 Å². The van der Waals surface area contributed by atoms with Crippen LogP contribution in [0, 0.1) is 0 Å². The minimum Gasteiger partial charge on any atom is -0.461 e. The fourth-order valence-corrected chi connectivity index (χ4v) is 2.23. The predicted molar refractivity (Wildman–Crippen MR) is 68.1 cm³/mol. The van der Waals surface area contributed by atoms with E-state index in [1.807, 2.05) is 4.57 Å². The normalized spacial score (nSPS) is 18.0. The highest BCUT2D eigenvalue weighted by Gasteiger charge is 2.30. The number of hydrogen-bond acceptors (Lipinski definition) is 6. The number of carbonyl (C=O) groups is 1. The van der Waals surface area contributed by atoms with Gasteiger partial charge in [-0.25, -0.2) is 9.78 Å².